The van der Waals surface area contributed by atoms with E-state index in [1.54, 1.807) is 0 Å². The number of benzene rings is 2. The predicted octanol–water partition coefficient (Wildman–Crippen LogP) is 6.21. The summed E-state index contributed by atoms with van der Waals surface area (Å²) in [5, 5.41) is 0.855. The average Bonchev–Trinajstić information content (AvgIpc) is 2.71. The molecule has 1 heteroatoms. The predicted molar refractivity (Wildman–Crippen MR) is 87.5 cm³/mol. The second-order valence-electron chi connectivity index (χ2n) is 5.82. The maximum atomic E-state index is 6.29. The maximum Gasteiger partial charge on any atom is 0.0409 e. The number of hydrogen-bond donors (Lipinski definition) is 0. The van der Waals surface area contributed by atoms with E-state index in [-0.39, 0.29) is 5.41 Å². The third-order valence-corrected chi connectivity index (χ3v) is 4.82. The minimum Gasteiger partial charge on any atom is -0.0843 e. The first kappa shape index (κ1) is 13.7. The molecule has 20 heavy (non-hydrogen) atoms. The highest BCUT2D eigenvalue weighted by Crippen LogP contribution is 2.54. The van der Waals surface area contributed by atoms with E-state index in [9.17, 15) is 0 Å². The number of hydrogen-bond acceptors (Lipinski definition) is 0. The van der Waals surface area contributed by atoms with Crippen molar-refractivity contribution in [1.29, 1.82) is 0 Å². The number of fused-ring (bicyclic) bond motifs is 3. The van der Waals surface area contributed by atoms with E-state index < -0.39 is 0 Å². The Morgan fingerprint density at radius 1 is 0.850 bits per heavy atom. The van der Waals surface area contributed by atoms with E-state index in [1.165, 1.54) is 47.9 Å². The van der Waals surface area contributed by atoms with Crippen molar-refractivity contribution in [2.75, 3.05) is 0 Å². The van der Waals surface area contributed by atoms with Gasteiger partial charge in [-0.25, -0.2) is 0 Å². The Labute approximate surface area is 126 Å². The van der Waals surface area contributed by atoms with Crippen molar-refractivity contribution in [2.45, 2.75) is 44.9 Å². The van der Waals surface area contributed by atoms with Crippen molar-refractivity contribution in [3.63, 3.8) is 0 Å². The number of halogens is 1. The van der Waals surface area contributed by atoms with Crippen molar-refractivity contribution < 1.29 is 0 Å². The van der Waals surface area contributed by atoms with Gasteiger partial charge in [0, 0.05) is 10.4 Å². The van der Waals surface area contributed by atoms with Crippen LogP contribution in [0.2, 0.25) is 5.02 Å². The van der Waals surface area contributed by atoms with Gasteiger partial charge in [-0.2, -0.15) is 0 Å². The highest BCUT2D eigenvalue weighted by atomic mass is 35.5. The van der Waals surface area contributed by atoms with E-state index in [4.69, 9.17) is 11.6 Å². The minimum absolute atomic E-state index is 0.167. The van der Waals surface area contributed by atoms with Gasteiger partial charge in [-0.3, -0.25) is 0 Å². The molecule has 0 fully saturated rings. The average molecular weight is 285 g/mol. The van der Waals surface area contributed by atoms with Gasteiger partial charge in [-0.05, 0) is 47.2 Å². The summed E-state index contributed by atoms with van der Waals surface area (Å²) in [5.74, 6) is 0. The van der Waals surface area contributed by atoms with Crippen molar-refractivity contribution in [1.82, 2.24) is 0 Å². The summed E-state index contributed by atoms with van der Waals surface area (Å²) >= 11 is 6.29. The molecule has 0 unspecified atom stereocenters. The van der Waals surface area contributed by atoms with E-state index in [1.807, 2.05) is 6.07 Å². The van der Waals surface area contributed by atoms with Gasteiger partial charge in [0.1, 0.15) is 0 Å². The fourth-order valence-electron chi connectivity index (χ4n) is 3.94. The molecule has 1 aliphatic rings. The molecule has 0 aliphatic heterocycles. The van der Waals surface area contributed by atoms with Gasteiger partial charge in [0.15, 0.2) is 0 Å². The highest BCUT2D eigenvalue weighted by Gasteiger charge is 2.41. The van der Waals surface area contributed by atoms with Crippen LogP contribution in [0.5, 0.6) is 0 Å². The number of rotatable bonds is 4. The van der Waals surface area contributed by atoms with E-state index in [2.05, 4.69) is 50.2 Å². The Hall–Kier alpha value is -1.27. The normalized spacial score (nSPS) is 14.9. The SMILES string of the molecule is CCCC1(CCC)c2ccccc2-c2ccc(Cl)cc21. The molecule has 0 saturated carbocycles. The lowest BCUT2D eigenvalue weighted by Crippen LogP contribution is -2.24. The van der Waals surface area contributed by atoms with Gasteiger partial charge in [0.2, 0.25) is 0 Å². The first-order valence-electron chi connectivity index (χ1n) is 7.63. The van der Waals surface area contributed by atoms with Crippen LogP contribution >= 0.6 is 11.6 Å². The highest BCUT2D eigenvalue weighted by molar-refractivity contribution is 6.30. The Kier molecular flexibility index (Phi) is 3.60. The van der Waals surface area contributed by atoms with E-state index in [0.29, 0.717) is 0 Å². The molecule has 0 heterocycles. The largest absolute Gasteiger partial charge is 0.0843 e. The Morgan fingerprint density at radius 3 is 2.20 bits per heavy atom. The van der Waals surface area contributed by atoms with E-state index in [0.717, 1.165) is 5.02 Å². The molecule has 0 nitrogen and oxygen atoms in total. The molecule has 1 aliphatic carbocycles. The fraction of sp³-hybridized carbons (Fsp3) is 0.368. The van der Waals surface area contributed by atoms with Crippen molar-refractivity contribution in [2.24, 2.45) is 0 Å². The molecule has 0 amide bonds. The van der Waals surface area contributed by atoms with Gasteiger partial charge < -0.3 is 0 Å². The van der Waals surface area contributed by atoms with Gasteiger partial charge in [0.05, 0.1) is 0 Å². The molecular weight excluding hydrogens is 264 g/mol. The lowest BCUT2D eigenvalue weighted by atomic mass is 9.71. The van der Waals surface area contributed by atoms with E-state index >= 15 is 0 Å². The van der Waals surface area contributed by atoms with Crippen LogP contribution in [0.1, 0.15) is 50.7 Å². The lowest BCUT2D eigenvalue weighted by molar-refractivity contribution is 0.436. The van der Waals surface area contributed by atoms with Crippen LogP contribution in [0, 0.1) is 0 Å². The summed E-state index contributed by atoms with van der Waals surface area (Å²) in [6, 6.07) is 15.3. The smallest absolute Gasteiger partial charge is 0.0409 e. The molecule has 2 aromatic carbocycles. The zero-order chi connectivity index (χ0) is 14.2. The zero-order valence-corrected chi connectivity index (χ0v) is 13.0. The third kappa shape index (κ3) is 1.90. The Balaban J connectivity index is 2.30. The third-order valence-electron chi connectivity index (χ3n) is 4.58. The molecule has 0 radical (unpaired) electrons. The second-order valence-corrected chi connectivity index (χ2v) is 6.25. The van der Waals surface area contributed by atoms with Crippen molar-refractivity contribution in [3.05, 3.63) is 58.6 Å². The summed E-state index contributed by atoms with van der Waals surface area (Å²) in [5.41, 5.74) is 5.89. The summed E-state index contributed by atoms with van der Waals surface area (Å²) in [6.45, 7) is 4.56. The van der Waals surface area contributed by atoms with Crippen molar-refractivity contribution in [3.8, 4) is 11.1 Å². The van der Waals surface area contributed by atoms with Crippen LogP contribution in [0.4, 0.5) is 0 Å². The van der Waals surface area contributed by atoms with Gasteiger partial charge in [-0.15, -0.1) is 0 Å². The summed E-state index contributed by atoms with van der Waals surface area (Å²) in [6.07, 6.45) is 4.79. The van der Waals surface area contributed by atoms with Gasteiger partial charge in [0.25, 0.3) is 0 Å². The van der Waals surface area contributed by atoms with Crippen LogP contribution in [0.25, 0.3) is 11.1 Å². The molecule has 2 aromatic rings. The summed E-state index contributed by atoms with van der Waals surface area (Å²) in [7, 11) is 0. The molecule has 0 bridgehead atoms. The molecule has 0 spiro atoms. The first-order valence-corrected chi connectivity index (χ1v) is 8.00. The molecule has 0 saturated heterocycles. The Bertz CT molecular complexity index is 621. The maximum absolute atomic E-state index is 6.29. The van der Waals surface area contributed by atoms with Crippen LogP contribution in [0.3, 0.4) is 0 Å². The van der Waals surface area contributed by atoms with Crippen LogP contribution < -0.4 is 0 Å². The molecule has 3 rings (SSSR count). The minimum atomic E-state index is 0.167. The topological polar surface area (TPSA) is 0 Å². The monoisotopic (exact) mass is 284 g/mol. The summed E-state index contributed by atoms with van der Waals surface area (Å²) < 4.78 is 0. The molecule has 0 N–H and O–H groups in total. The molecule has 0 aromatic heterocycles. The van der Waals surface area contributed by atoms with Gasteiger partial charge in [-0.1, -0.05) is 68.6 Å². The van der Waals surface area contributed by atoms with Gasteiger partial charge >= 0.3 is 0 Å². The quantitative estimate of drug-likeness (QED) is 0.626. The van der Waals surface area contributed by atoms with Crippen LogP contribution in [0.15, 0.2) is 42.5 Å². The first-order chi connectivity index (χ1) is 9.73. The molecular formula is C19H21Cl. The van der Waals surface area contributed by atoms with Crippen LogP contribution in [-0.2, 0) is 5.41 Å². The molecule has 104 valence electrons. The van der Waals surface area contributed by atoms with Crippen LogP contribution in [-0.4, -0.2) is 0 Å². The van der Waals surface area contributed by atoms with Crippen molar-refractivity contribution >= 4 is 11.6 Å². The molecule has 0 atom stereocenters. The zero-order valence-electron chi connectivity index (χ0n) is 12.2. The fourth-order valence-corrected chi connectivity index (χ4v) is 4.12. The second kappa shape index (κ2) is 5.26. The summed E-state index contributed by atoms with van der Waals surface area (Å²) in [4.78, 5) is 0. The lowest BCUT2D eigenvalue weighted by Gasteiger charge is -2.32. The standard InChI is InChI=1S/C19H21Cl/c1-3-11-19(12-4-2)17-8-6-5-7-15(17)16-10-9-14(20)13-18(16)19/h5-10,13H,3-4,11-12H2,1-2H3. The Morgan fingerprint density at radius 2 is 1.50 bits per heavy atom.